The highest BCUT2D eigenvalue weighted by Gasteiger charge is 2.43. The maximum Gasteiger partial charge on any atom is 0.364 e. The van der Waals surface area contributed by atoms with Crippen LogP contribution in [-0.4, -0.2) is 36.2 Å². The van der Waals surface area contributed by atoms with Gasteiger partial charge in [-0.05, 0) is 42.7 Å². The van der Waals surface area contributed by atoms with Gasteiger partial charge in [-0.1, -0.05) is 30.3 Å². The maximum absolute atomic E-state index is 11.2. The van der Waals surface area contributed by atoms with E-state index in [4.69, 9.17) is 19.3 Å². The maximum atomic E-state index is 11.2. The van der Waals surface area contributed by atoms with Crippen LogP contribution in [0.25, 0.3) is 10.8 Å². The van der Waals surface area contributed by atoms with Crippen molar-refractivity contribution in [2.24, 2.45) is 5.92 Å². The number of carboxylic acid groups (broad SMARTS) is 1. The number of ether oxygens (including phenoxy) is 3. The zero-order chi connectivity index (χ0) is 17.9. The third-order valence-corrected chi connectivity index (χ3v) is 4.74. The summed E-state index contributed by atoms with van der Waals surface area (Å²) in [7, 11) is 0. The molecular weight excluding hydrogens is 320 g/mol. The summed E-state index contributed by atoms with van der Waals surface area (Å²) in [6.07, 6.45) is 1.57. The molecule has 1 aliphatic rings. The Morgan fingerprint density at radius 1 is 1.28 bits per heavy atom. The minimum atomic E-state index is -1.53. The minimum absolute atomic E-state index is 0.157. The number of fused-ring (bicyclic) bond motifs is 1. The van der Waals surface area contributed by atoms with Gasteiger partial charge in [0, 0.05) is 12.8 Å². The molecule has 1 heterocycles. The quantitative estimate of drug-likeness (QED) is 0.806. The second kappa shape index (κ2) is 7.42. The molecule has 0 aromatic heterocycles. The Bertz CT molecular complexity index is 744. The smallest absolute Gasteiger partial charge is 0.364 e. The average Bonchev–Trinajstić information content (AvgIpc) is 2.60. The lowest BCUT2D eigenvalue weighted by Crippen LogP contribution is -2.51. The van der Waals surface area contributed by atoms with E-state index in [0.717, 1.165) is 24.0 Å². The van der Waals surface area contributed by atoms with E-state index in [1.165, 1.54) is 12.3 Å². The van der Waals surface area contributed by atoms with Gasteiger partial charge in [0.1, 0.15) is 5.75 Å². The summed E-state index contributed by atoms with van der Waals surface area (Å²) in [5.41, 5.74) is 0. The van der Waals surface area contributed by atoms with Crippen LogP contribution < -0.4 is 4.74 Å². The highest BCUT2D eigenvalue weighted by Crippen LogP contribution is 2.29. The highest BCUT2D eigenvalue weighted by molar-refractivity contribution is 5.83. The Balaban J connectivity index is 1.46. The molecule has 3 atom stereocenters. The predicted molar refractivity (Wildman–Crippen MR) is 94.7 cm³/mol. The van der Waals surface area contributed by atoms with Gasteiger partial charge in [0.25, 0.3) is 5.79 Å². The van der Waals surface area contributed by atoms with Crippen LogP contribution >= 0.6 is 0 Å². The Kier molecular flexibility index (Phi) is 5.25. The molecular formula is C20H24O5. The number of hydrogen-bond acceptors (Lipinski definition) is 4. The number of aliphatic carboxylic acids is 1. The Hall–Kier alpha value is -2.11. The standard InChI is InChI=1S/C20H24O5/c1-14-17(13-24-20(2,25-14)19(21)22)8-5-11-23-18-10-9-15-6-3-4-7-16(15)12-18/h3-4,6-7,9-10,12,14,17H,5,8,11,13H2,1-2H3,(H,21,22). The predicted octanol–water partition coefficient (Wildman–Crippen LogP) is 3.85. The summed E-state index contributed by atoms with van der Waals surface area (Å²) >= 11 is 0. The van der Waals surface area contributed by atoms with Gasteiger partial charge in [-0.3, -0.25) is 0 Å². The van der Waals surface area contributed by atoms with Crippen LogP contribution in [-0.2, 0) is 14.3 Å². The first-order valence-electron chi connectivity index (χ1n) is 8.65. The van der Waals surface area contributed by atoms with Gasteiger partial charge in [-0.15, -0.1) is 0 Å². The number of rotatable bonds is 6. The number of hydrogen-bond donors (Lipinski definition) is 1. The average molecular weight is 344 g/mol. The normalized spacial score (nSPS) is 26.5. The summed E-state index contributed by atoms with van der Waals surface area (Å²) in [5, 5.41) is 11.5. The lowest BCUT2D eigenvalue weighted by atomic mass is 9.97. The molecule has 3 unspecified atom stereocenters. The molecule has 1 aliphatic heterocycles. The van der Waals surface area contributed by atoms with E-state index < -0.39 is 11.8 Å². The van der Waals surface area contributed by atoms with E-state index >= 15 is 0 Å². The number of benzene rings is 2. The Labute approximate surface area is 147 Å². The van der Waals surface area contributed by atoms with Crippen LogP contribution in [0.5, 0.6) is 5.75 Å². The molecule has 5 heteroatoms. The summed E-state index contributed by atoms with van der Waals surface area (Å²) in [4.78, 5) is 11.2. The Morgan fingerprint density at radius 2 is 2.04 bits per heavy atom. The van der Waals surface area contributed by atoms with Crippen molar-refractivity contribution in [2.75, 3.05) is 13.2 Å². The van der Waals surface area contributed by atoms with Crippen molar-refractivity contribution in [1.29, 1.82) is 0 Å². The lowest BCUT2D eigenvalue weighted by Gasteiger charge is -2.39. The molecule has 1 N–H and O–H groups in total. The fraction of sp³-hybridized carbons (Fsp3) is 0.450. The molecule has 0 spiro atoms. The van der Waals surface area contributed by atoms with Gasteiger partial charge in [0.05, 0.1) is 19.3 Å². The van der Waals surface area contributed by atoms with Crippen molar-refractivity contribution < 1.29 is 24.1 Å². The van der Waals surface area contributed by atoms with Gasteiger partial charge >= 0.3 is 5.97 Å². The first-order valence-corrected chi connectivity index (χ1v) is 8.65. The second-order valence-corrected chi connectivity index (χ2v) is 6.64. The van der Waals surface area contributed by atoms with Gasteiger partial charge in [-0.2, -0.15) is 0 Å². The van der Waals surface area contributed by atoms with Crippen LogP contribution in [0.3, 0.4) is 0 Å². The van der Waals surface area contributed by atoms with Gasteiger partial charge in [-0.25, -0.2) is 4.79 Å². The van der Waals surface area contributed by atoms with Gasteiger partial charge < -0.3 is 19.3 Å². The summed E-state index contributed by atoms with van der Waals surface area (Å²) in [6.45, 7) is 4.35. The molecule has 1 fully saturated rings. The van der Waals surface area contributed by atoms with Gasteiger partial charge in [0.15, 0.2) is 0 Å². The van der Waals surface area contributed by atoms with Gasteiger partial charge in [0.2, 0.25) is 0 Å². The highest BCUT2D eigenvalue weighted by atomic mass is 16.7. The van der Waals surface area contributed by atoms with E-state index in [1.54, 1.807) is 0 Å². The van der Waals surface area contributed by atoms with Crippen LogP contribution in [0.4, 0.5) is 0 Å². The largest absolute Gasteiger partial charge is 0.494 e. The van der Waals surface area contributed by atoms with E-state index in [0.29, 0.717) is 13.2 Å². The minimum Gasteiger partial charge on any atom is -0.494 e. The van der Waals surface area contributed by atoms with E-state index in [2.05, 4.69) is 18.2 Å². The van der Waals surface area contributed by atoms with Crippen LogP contribution in [0.2, 0.25) is 0 Å². The first-order chi connectivity index (χ1) is 12.0. The SMILES string of the molecule is CC1OC(C)(C(=O)O)OCC1CCCOc1ccc2ccccc2c1. The number of carbonyl (C=O) groups is 1. The third kappa shape index (κ3) is 4.11. The zero-order valence-corrected chi connectivity index (χ0v) is 14.6. The molecule has 2 aromatic rings. The van der Waals surface area contributed by atoms with E-state index in [-0.39, 0.29) is 12.0 Å². The summed E-state index contributed by atoms with van der Waals surface area (Å²) < 4.78 is 16.8. The van der Waals surface area contributed by atoms with Crippen LogP contribution in [0.15, 0.2) is 42.5 Å². The molecule has 3 rings (SSSR count). The van der Waals surface area contributed by atoms with Crippen LogP contribution in [0, 0.1) is 5.92 Å². The van der Waals surface area contributed by atoms with Crippen molar-refractivity contribution in [2.45, 2.75) is 38.6 Å². The van der Waals surface area contributed by atoms with Crippen LogP contribution in [0.1, 0.15) is 26.7 Å². The van der Waals surface area contributed by atoms with Crippen molar-refractivity contribution in [3.63, 3.8) is 0 Å². The second-order valence-electron chi connectivity index (χ2n) is 6.64. The van der Waals surface area contributed by atoms with Crippen molar-refractivity contribution in [3.05, 3.63) is 42.5 Å². The molecule has 1 saturated heterocycles. The van der Waals surface area contributed by atoms with E-state index in [1.807, 2.05) is 31.2 Å². The monoisotopic (exact) mass is 344 g/mol. The summed E-state index contributed by atoms with van der Waals surface area (Å²) in [6, 6.07) is 14.3. The molecule has 25 heavy (non-hydrogen) atoms. The molecule has 0 amide bonds. The lowest BCUT2D eigenvalue weighted by molar-refractivity contribution is -0.292. The fourth-order valence-electron chi connectivity index (χ4n) is 3.11. The van der Waals surface area contributed by atoms with Crippen molar-refractivity contribution in [1.82, 2.24) is 0 Å². The molecule has 0 aliphatic carbocycles. The molecule has 2 aromatic carbocycles. The number of carboxylic acids is 1. The molecule has 5 nitrogen and oxygen atoms in total. The van der Waals surface area contributed by atoms with Crippen molar-refractivity contribution in [3.8, 4) is 5.75 Å². The molecule has 0 bridgehead atoms. The zero-order valence-electron chi connectivity index (χ0n) is 14.6. The molecule has 134 valence electrons. The topological polar surface area (TPSA) is 65.0 Å². The molecule has 0 saturated carbocycles. The Morgan fingerprint density at radius 3 is 2.76 bits per heavy atom. The third-order valence-electron chi connectivity index (χ3n) is 4.74. The molecule has 0 radical (unpaired) electrons. The first kappa shape index (κ1) is 17.7. The fourth-order valence-corrected chi connectivity index (χ4v) is 3.11. The van der Waals surface area contributed by atoms with E-state index in [9.17, 15) is 4.79 Å². The summed E-state index contributed by atoms with van der Waals surface area (Å²) in [5.74, 6) is -1.58. The van der Waals surface area contributed by atoms with Crippen molar-refractivity contribution >= 4 is 16.7 Å².